The smallest absolute Gasteiger partial charge is 0.125 e. The minimum Gasteiger partial charge on any atom is -0.403 e. The van der Waals surface area contributed by atoms with Gasteiger partial charge >= 0.3 is 0 Å². The third kappa shape index (κ3) is 2.21. The highest BCUT2D eigenvalue weighted by atomic mass is 16.1. The summed E-state index contributed by atoms with van der Waals surface area (Å²) < 4.78 is 0. The van der Waals surface area contributed by atoms with Crippen LogP contribution in [-0.4, -0.2) is 17.2 Å². The van der Waals surface area contributed by atoms with Crippen molar-refractivity contribution in [1.82, 2.24) is 4.90 Å². The lowest BCUT2D eigenvalue weighted by molar-refractivity contribution is -0.107. The van der Waals surface area contributed by atoms with Crippen molar-refractivity contribution >= 4 is 6.29 Å². The van der Waals surface area contributed by atoms with Gasteiger partial charge in [-0.15, -0.1) is 0 Å². The number of nitrogens with two attached hydrogens (primary N) is 1. The van der Waals surface area contributed by atoms with Crippen molar-refractivity contribution in [3.63, 3.8) is 0 Å². The van der Waals surface area contributed by atoms with E-state index in [4.69, 9.17) is 5.73 Å². The maximum atomic E-state index is 10.4. The van der Waals surface area contributed by atoms with E-state index in [2.05, 4.69) is 0 Å². The Morgan fingerprint density at radius 1 is 1.69 bits per heavy atom. The van der Waals surface area contributed by atoms with Crippen LogP contribution in [0, 0.1) is 0 Å². The van der Waals surface area contributed by atoms with Gasteiger partial charge in [-0.25, -0.2) is 0 Å². The number of hydrogen-bond acceptors (Lipinski definition) is 3. The van der Waals surface area contributed by atoms with Crippen LogP contribution in [0.15, 0.2) is 36.3 Å². The van der Waals surface area contributed by atoms with Crippen molar-refractivity contribution in [2.75, 3.05) is 0 Å². The molecule has 0 spiro atoms. The van der Waals surface area contributed by atoms with Gasteiger partial charge in [-0.05, 0) is 13.0 Å². The Balaban J connectivity index is 2.81. The summed E-state index contributed by atoms with van der Waals surface area (Å²) in [5, 5.41) is 0. The molecule has 1 rings (SSSR count). The van der Waals surface area contributed by atoms with Crippen LogP contribution < -0.4 is 5.73 Å². The van der Waals surface area contributed by atoms with Crippen LogP contribution in [0.2, 0.25) is 0 Å². The lowest BCUT2D eigenvalue weighted by atomic mass is 10.1. The maximum Gasteiger partial charge on any atom is 0.125 e. The lowest BCUT2D eigenvalue weighted by Gasteiger charge is -2.29. The molecule has 1 aliphatic heterocycles. The fourth-order valence-corrected chi connectivity index (χ4v) is 1.35. The Bertz CT molecular complexity index is 266. The molecule has 0 bridgehead atoms. The molecule has 0 aliphatic carbocycles. The normalized spacial score (nSPS) is 22.1. The molecule has 1 heterocycles. The van der Waals surface area contributed by atoms with Gasteiger partial charge in [-0.1, -0.05) is 12.2 Å². The molecule has 2 N–H and O–H groups in total. The van der Waals surface area contributed by atoms with Gasteiger partial charge in [0.05, 0.1) is 0 Å². The molecular formula is C10H14N2O. The lowest BCUT2D eigenvalue weighted by Crippen LogP contribution is -2.28. The summed E-state index contributed by atoms with van der Waals surface area (Å²) in [7, 11) is 0. The number of carbonyl (C=O) groups excluding carboxylic acids is 1. The fourth-order valence-electron chi connectivity index (χ4n) is 1.35. The number of nitrogens with zero attached hydrogens (tertiary/aromatic N) is 1. The van der Waals surface area contributed by atoms with Crippen molar-refractivity contribution in [3.05, 3.63) is 36.3 Å². The van der Waals surface area contributed by atoms with Gasteiger partial charge in [0, 0.05) is 30.6 Å². The van der Waals surface area contributed by atoms with Crippen LogP contribution in [0.25, 0.3) is 0 Å². The monoisotopic (exact) mass is 178 g/mol. The number of aldehydes is 1. The van der Waals surface area contributed by atoms with Crippen molar-refractivity contribution in [2.24, 2.45) is 5.73 Å². The van der Waals surface area contributed by atoms with Crippen molar-refractivity contribution < 1.29 is 4.79 Å². The molecule has 13 heavy (non-hydrogen) atoms. The van der Waals surface area contributed by atoms with E-state index in [1.165, 1.54) is 6.20 Å². The Hall–Kier alpha value is -1.51. The molecule has 1 atom stereocenters. The number of rotatable bonds is 3. The molecule has 0 saturated carbocycles. The topological polar surface area (TPSA) is 46.3 Å². The number of hydrogen-bond donors (Lipinski definition) is 1. The zero-order valence-corrected chi connectivity index (χ0v) is 7.68. The van der Waals surface area contributed by atoms with E-state index < -0.39 is 0 Å². The Morgan fingerprint density at radius 3 is 3.08 bits per heavy atom. The average molecular weight is 178 g/mol. The van der Waals surface area contributed by atoms with E-state index in [1.54, 1.807) is 6.20 Å². The predicted molar refractivity (Wildman–Crippen MR) is 52.5 cm³/mol. The van der Waals surface area contributed by atoms with Gasteiger partial charge in [0.1, 0.15) is 6.29 Å². The van der Waals surface area contributed by atoms with Crippen molar-refractivity contribution in [2.45, 2.75) is 19.4 Å². The number of allylic oxidation sites excluding steroid dienone is 3. The Morgan fingerprint density at radius 2 is 2.46 bits per heavy atom. The van der Waals surface area contributed by atoms with Crippen LogP contribution in [0.1, 0.15) is 13.3 Å². The molecule has 3 nitrogen and oxygen atoms in total. The maximum absolute atomic E-state index is 10.4. The second-order valence-electron chi connectivity index (χ2n) is 2.90. The van der Waals surface area contributed by atoms with Crippen LogP contribution in [0.4, 0.5) is 0 Å². The third-order valence-corrected chi connectivity index (χ3v) is 1.99. The molecule has 0 aromatic rings. The zero-order chi connectivity index (χ0) is 9.68. The predicted octanol–water partition coefficient (Wildman–Crippen LogP) is 1.15. The summed E-state index contributed by atoms with van der Waals surface area (Å²) in [4.78, 5) is 12.4. The molecule has 0 aromatic heterocycles. The van der Waals surface area contributed by atoms with Crippen LogP contribution >= 0.6 is 0 Å². The van der Waals surface area contributed by atoms with Gasteiger partial charge in [-0.3, -0.25) is 0 Å². The first-order valence-corrected chi connectivity index (χ1v) is 4.27. The molecule has 0 saturated heterocycles. The molecule has 3 heteroatoms. The van der Waals surface area contributed by atoms with E-state index in [-0.39, 0.29) is 6.04 Å². The zero-order valence-electron chi connectivity index (χ0n) is 7.68. The van der Waals surface area contributed by atoms with Gasteiger partial charge in [-0.2, -0.15) is 0 Å². The molecule has 0 aromatic carbocycles. The molecule has 1 aliphatic rings. The summed E-state index contributed by atoms with van der Waals surface area (Å²) in [6, 6.07) is 0.264. The molecular weight excluding hydrogens is 164 g/mol. The van der Waals surface area contributed by atoms with Crippen LogP contribution in [-0.2, 0) is 4.79 Å². The largest absolute Gasteiger partial charge is 0.403 e. The fraction of sp³-hybridized carbons (Fsp3) is 0.300. The standard InChI is InChI=1S/C10H14N2O/c1-9-3-2-4-10(5-8-13)12(9)7-6-11/h2-4,6-9H,5,11H2,1H3/b7-6-. The minimum atomic E-state index is 0.264. The second kappa shape index (κ2) is 4.50. The van der Waals surface area contributed by atoms with Crippen LogP contribution in [0.5, 0.6) is 0 Å². The second-order valence-corrected chi connectivity index (χ2v) is 2.90. The van der Waals surface area contributed by atoms with E-state index in [9.17, 15) is 4.79 Å². The molecule has 0 radical (unpaired) electrons. The molecule has 0 amide bonds. The first kappa shape index (κ1) is 9.58. The minimum absolute atomic E-state index is 0.264. The van der Waals surface area contributed by atoms with E-state index in [1.807, 2.05) is 30.1 Å². The SMILES string of the molecule is CC1C=CC=C(CC=O)N1/C=C\N. The molecule has 1 unspecified atom stereocenters. The van der Waals surface area contributed by atoms with Crippen LogP contribution in [0.3, 0.4) is 0 Å². The highest BCUT2D eigenvalue weighted by Crippen LogP contribution is 2.18. The molecule has 0 fully saturated rings. The quantitative estimate of drug-likeness (QED) is 0.659. The van der Waals surface area contributed by atoms with E-state index in [0.29, 0.717) is 6.42 Å². The van der Waals surface area contributed by atoms with Crippen molar-refractivity contribution in [3.8, 4) is 0 Å². The Kier molecular flexibility index (Phi) is 3.31. The van der Waals surface area contributed by atoms with Gasteiger partial charge < -0.3 is 15.4 Å². The highest BCUT2D eigenvalue weighted by molar-refractivity contribution is 5.55. The molecule has 70 valence electrons. The summed E-state index contributed by atoms with van der Waals surface area (Å²) in [5.41, 5.74) is 6.30. The summed E-state index contributed by atoms with van der Waals surface area (Å²) in [5.74, 6) is 0. The first-order chi connectivity index (χ1) is 6.29. The first-order valence-electron chi connectivity index (χ1n) is 4.27. The van der Waals surface area contributed by atoms with E-state index >= 15 is 0 Å². The average Bonchev–Trinajstić information content (AvgIpc) is 2.11. The number of carbonyl (C=O) groups is 1. The van der Waals surface area contributed by atoms with E-state index in [0.717, 1.165) is 12.0 Å². The summed E-state index contributed by atoms with van der Waals surface area (Å²) in [6.45, 7) is 2.05. The van der Waals surface area contributed by atoms with Gasteiger partial charge in [0.25, 0.3) is 0 Å². The Labute approximate surface area is 78.2 Å². The van der Waals surface area contributed by atoms with Gasteiger partial charge in [0.15, 0.2) is 0 Å². The third-order valence-electron chi connectivity index (χ3n) is 1.99. The van der Waals surface area contributed by atoms with Crippen molar-refractivity contribution in [1.29, 1.82) is 0 Å². The summed E-state index contributed by atoms with van der Waals surface area (Å²) >= 11 is 0. The highest BCUT2D eigenvalue weighted by Gasteiger charge is 2.13. The van der Waals surface area contributed by atoms with Gasteiger partial charge in [0.2, 0.25) is 0 Å². The summed E-state index contributed by atoms with van der Waals surface area (Å²) in [6.07, 6.45) is 10.5.